The van der Waals surface area contributed by atoms with Crippen molar-refractivity contribution < 1.29 is 0 Å². The van der Waals surface area contributed by atoms with Crippen molar-refractivity contribution in [1.29, 1.82) is 0 Å². The number of benzene rings is 8. The molecule has 0 N–H and O–H groups in total. The molecule has 5 heteroatoms. The number of fused-ring (bicyclic) bond motifs is 6. The molecule has 57 heavy (non-hydrogen) atoms. The molecule has 8 aromatic carbocycles. The van der Waals surface area contributed by atoms with Crippen LogP contribution in [0.2, 0.25) is 0 Å². The Morgan fingerprint density at radius 1 is 0.298 bits per heavy atom. The Balaban J connectivity index is 1.22. The average molecular weight is 789 g/mol. The van der Waals surface area contributed by atoms with Gasteiger partial charge >= 0.3 is 335 Å². The summed E-state index contributed by atoms with van der Waals surface area (Å²) in [5.41, 5.74) is 5.41. The molecule has 0 fully saturated rings. The van der Waals surface area contributed by atoms with Crippen LogP contribution in [-0.4, -0.2) is 32.4 Å². The van der Waals surface area contributed by atoms with E-state index in [9.17, 15) is 0 Å². The Hall–Kier alpha value is -7.02. The Kier molecular flexibility index (Phi) is 7.97. The van der Waals surface area contributed by atoms with Crippen LogP contribution in [0.3, 0.4) is 0 Å². The van der Waals surface area contributed by atoms with E-state index in [4.69, 9.17) is 9.97 Å². The SMILES string of the molecule is c1cc[c]([Ge]([c]2ccccc2)([c]2ccccc2)[c]2cccc(-c3nc(-n4c5ccccc5c5ccccc54)cc(-n4c5ccccc5c5ccccc54)n3)c2)cc1. The summed E-state index contributed by atoms with van der Waals surface area (Å²) in [6, 6.07) is 79.2. The summed E-state index contributed by atoms with van der Waals surface area (Å²) in [4.78, 5) is 11.0. The van der Waals surface area contributed by atoms with Gasteiger partial charge in [0.05, 0.1) is 0 Å². The van der Waals surface area contributed by atoms with Crippen LogP contribution < -0.4 is 17.6 Å². The summed E-state index contributed by atoms with van der Waals surface area (Å²) in [5, 5.41) is 4.78. The fourth-order valence-electron chi connectivity index (χ4n) is 9.07. The molecular formula is C52H36GeN4. The van der Waals surface area contributed by atoms with E-state index in [0.717, 1.165) is 39.3 Å². The Bertz CT molecular complexity index is 2910. The van der Waals surface area contributed by atoms with Gasteiger partial charge in [-0.25, -0.2) is 0 Å². The molecule has 0 aliphatic carbocycles. The van der Waals surface area contributed by atoms with Crippen LogP contribution >= 0.6 is 0 Å². The molecule has 3 aromatic heterocycles. The van der Waals surface area contributed by atoms with Gasteiger partial charge in [0.15, 0.2) is 0 Å². The molecule has 0 bridgehead atoms. The van der Waals surface area contributed by atoms with Gasteiger partial charge in [0.1, 0.15) is 0 Å². The molecule has 11 aromatic rings. The maximum absolute atomic E-state index is 5.52. The molecule has 0 aliphatic rings. The zero-order valence-electron chi connectivity index (χ0n) is 31.1. The van der Waals surface area contributed by atoms with E-state index in [-0.39, 0.29) is 0 Å². The Morgan fingerprint density at radius 3 is 1.02 bits per heavy atom. The third-order valence-corrected chi connectivity index (χ3v) is 21.5. The van der Waals surface area contributed by atoms with Crippen molar-refractivity contribution in [2.75, 3.05) is 0 Å². The standard InChI is InChI=1S/C52H36GeN4/c1-4-20-38(21-5-1)53(39-22-6-2-7-23-39,40-24-8-3-9-25-40)41-26-18-19-37(35-41)52-54-50(56-46-31-14-10-27-42(46)43-28-11-15-32-47(43)56)36-51(55-52)57-48-33-16-12-29-44(48)45-30-13-17-34-49(45)57/h1-36H. The van der Waals surface area contributed by atoms with Crippen molar-refractivity contribution in [3.8, 4) is 23.0 Å². The molecule has 3 heterocycles. The molecule has 0 spiro atoms. The molecule has 0 saturated carbocycles. The number of rotatable bonds is 7. The molecule has 0 unspecified atom stereocenters. The fourth-order valence-corrected chi connectivity index (χ4v) is 19.1. The quantitative estimate of drug-likeness (QED) is 0.151. The van der Waals surface area contributed by atoms with Crippen molar-refractivity contribution >= 4 is 74.5 Å². The van der Waals surface area contributed by atoms with E-state index in [0.29, 0.717) is 5.82 Å². The second-order valence-corrected chi connectivity index (χ2v) is 22.6. The molecule has 0 amide bonds. The van der Waals surface area contributed by atoms with Crippen LogP contribution in [0.4, 0.5) is 0 Å². The van der Waals surface area contributed by atoms with Crippen molar-refractivity contribution in [2.45, 2.75) is 0 Å². The van der Waals surface area contributed by atoms with Gasteiger partial charge in [-0.2, -0.15) is 0 Å². The first-order chi connectivity index (χ1) is 28.3. The third kappa shape index (κ3) is 5.29. The normalized spacial score (nSPS) is 11.9. The number of aromatic nitrogens is 4. The predicted octanol–water partition coefficient (Wildman–Crippen LogP) is 9.72. The van der Waals surface area contributed by atoms with Gasteiger partial charge < -0.3 is 0 Å². The second-order valence-electron chi connectivity index (χ2n) is 14.6. The topological polar surface area (TPSA) is 35.6 Å². The average Bonchev–Trinajstić information content (AvgIpc) is 3.81. The van der Waals surface area contributed by atoms with E-state index in [1.54, 1.807) is 0 Å². The first-order valence-corrected chi connectivity index (χ1v) is 23.6. The Morgan fingerprint density at radius 2 is 0.632 bits per heavy atom. The zero-order chi connectivity index (χ0) is 37.8. The second kappa shape index (κ2) is 13.6. The maximum atomic E-state index is 5.52. The van der Waals surface area contributed by atoms with Crippen LogP contribution in [0.5, 0.6) is 0 Å². The number of para-hydroxylation sites is 4. The summed E-state index contributed by atoms with van der Waals surface area (Å²) >= 11 is -3.58. The van der Waals surface area contributed by atoms with Crippen molar-refractivity contribution in [3.63, 3.8) is 0 Å². The summed E-state index contributed by atoms with van der Waals surface area (Å²) < 4.78 is 10.0. The molecule has 0 saturated heterocycles. The molecule has 11 rings (SSSR count). The van der Waals surface area contributed by atoms with E-state index in [2.05, 4.69) is 228 Å². The van der Waals surface area contributed by atoms with Crippen LogP contribution in [0, 0.1) is 0 Å². The third-order valence-electron chi connectivity index (χ3n) is 11.5. The first kappa shape index (κ1) is 33.3. The van der Waals surface area contributed by atoms with Gasteiger partial charge in [-0.3, -0.25) is 0 Å². The first-order valence-electron chi connectivity index (χ1n) is 19.4. The molecule has 4 nitrogen and oxygen atoms in total. The van der Waals surface area contributed by atoms with Gasteiger partial charge in [-0.15, -0.1) is 0 Å². The van der Waals surface area contributed by atoms with E-state index in [1.165, 1.54) is 39.1 Å². The summed E-state index contributed by atoms with van der Waals surface area (Å²) in [7, 11) is 0. The number of nitrogens with zero attached hydrogens (tertiary/aromatic N) is 4. The van der Waals surface area contributed by atoms with E-state index >= 15 is 0 Å². The summed E-state index contributed by atoms with van der Waals surface area (Å²) in [5.74, 6) is 2.32. The molecule has 268 valence electrons. The summed E-state index contributed by atoms with van der Waals surface area (Å²) in [6.45, 7) is 0. The summed E-state index contributed by atoms with van der Waals surface area (Å²) in [6.07, 6.45) is 0. The van der Waals surface area contributed by atoms with E-state index < -0.39 is 13.3 Å². The van der Waals surface area contributed by atoms with Crippen LogP contribution in [0.15, 0.2) is 218 Å². The van der Waals surface area contributed by atoms with Crippen molar-refractivity contribution in [3.05, 3.63) is 218 Å². The molecular weight excluding hydrogens is 753 g/mol. The number of hydrogen-bond acceptors (Lipinski definition) is 2. The Labute approximate surface area is 333 Å². The van der Waals surface area contributed by atoms with Gasteiger partial charge in [0, 0.05) is 0 Å². The van der Waals surface area contributed by atoms with Crippen LogP contribution in [-0.2, 0) is 0 Å². The zero-order valence-corrected chi connectivity index (χ0v) is 33.2. The van der Waals surface area contributed by atoms with Crippen LogP contribution in [0.25, 0.3) is 66.6 Å². The van der Waals surface area contributed by atoms with Gasteiger partial charge in [-0.1, -0.05) is 0 Å². The molecule has 0 atom stereocenters. The van der Waals surface area contributed by atoms with Crippen molar-refractivity contribution in [1.82, 2.24) is 19.1 Å². The monoisotopic (exact) mass is 790 g/mol. The van der Waals surface area contributed by atoms with Gasteiger partial charge in [-0.05, 0) is 0 Å². The molecule has 0 aliphatic heterocycles. The fraction of sp³-hybridized carbons (Fsp3) is 0. The van der Waals surface area contributed by atoms with E-state index in [1.807, 2.05) is 0 Å². The van der Waals surface area contributed by atoms with Gasteiger partial charge in [0.2, 0.25) is 0 Å². The van der Waals surface area contributed by atoms with Crippen LogP contribution in [0.1, 0.15) is 0 Å². The van der Waals surface area contributed by atoms with Crippen molar-refractivity contribution in [2.24, 2.45) is 0 Å². The predicted molar refractivity (Wildman–Crippen MR) is 240 cm³/mol. The number of hydrogen-bond donors (Lipinski definition) is 0. The molecule has 0 radical (unpaired) electrons. The minimum absolute atomic E-state index is 0.679. The van der Waals surface area contributed by atoms with Gasteiger partial charge in [0.25, 0.3) is 0 Å². The minimum atomic E-state index is -3.58.